The maximum absolute atomic E-state index is 13.0. The van der Waals surface area contributed by atoms with Crippen molar-refractivity contribution in [3.05, 3.63) is 48.0 Å². The van der Waals surface area contributed by atoms with Crippen LogP contribution in [0.2, 0.25) is 0 Å². The van der Waals surface area contributed by atoms with Gasteiger partial charge in [0.1, 0.15) is 5.82 Å². The van der Waals surface area contributed by atoms with Crippen LogP contribution in [0.3, 0.4) is 0 Å². The SMILES string of the molecule is CCN1CCCC1CNC(N)=NCc1ccn(-c2ccc(F)cc2)n1. The van der Waals surface area contributed by atoms with Crippen molar-refractivity contribution in [1.82, 2.24) is 20.0 Å². The Balaban J connectivity index is 1.52. The molecule has 1 unspecified atom stereocenters. The summed E-state index contributed by atoms with van der Waals surface area (Å²) in [6.45, 7) is 5.67. The van der Waals surface area contributed by atoms with Crippen LogP contribution in [-0.4, -0.2) is 46.3 Å². The maximum atomic E-state index is 13.0. The molecule has 3 N–H and O–H groups in total. The molecule has 1 aliphatic heterocycles. The number of benzene rings is 1. The second-order valence-corrected chi connectivity index (χ2v) is 6.24. The molecular weight excluding hydrogens is 319 g/mol. The van der Waals surface area contributed by atoms with Crippen molar-refractivity contribution in [2.45, 2.75) is 32.4 Å². The smallest absolute Gasteiger partial charge is 0.189 e. The van der Waals surface area contributed by atoms with Gasteiger partial charge in [-0.05, 0) is 56.3 Å². The van der Waals surface area contributed by atoms with E-state index in [1.165, 1.54) is 31.5 Å². The predicted octanol–water partition coefficient (Wildman–Crippen LogP) is 1.90. The molecule has 1 atom stereocenters. The molecule has 6 nitrogen and oxygen atoms in total. The van der Waals surface area contributed by atoms with Gasteiger partial charge in [-0.15, -0.1) is 0 Å². The summed E-state index contributed by atoms with van der Waals surface area (Å²) in [5.74, 6) is 0.183. The Bertz CT molecular complexity index is 709. The van der Waals surface area contributed by atoms with Gasteiger partial charge in [-0.1, -0.05) is 6.92 Å². The first-order valence-corrected chi connectivity index (χ1v) is 8.74. The fourth-order valence-electron chi connectivity index (χ4n) is 3.17. The number of aromatic nitrogens is 2. The molecule has 1 aromatic carbocycles. The minimum absolute atomic E-state index is 0.261. The molecule has 0 radical (unpaired) electrons. The number of likely N-dealkylation sites (tertiary alicyclic amines) is 1. The van der Waals surface area contributed by atoms with Crippen LogP contribution in [0.4, 0.5) is 4.39 Å². The van der Waals surface area contributed by atoms with Crippen LogP contribution in [-0.2, 0) is 6.54 Å². The molecule has 2 aromatic rings. The van der Waals surface area contributed by atoms with E-state index in [4.69, 9.17) is 5.73 Å². The quantitative estimate of drug-likeness (QED) is 0.620. The van der Waals surface area contributed by atoms with Gasteiger partial charge in [-0.3, -0.25) is 4.90 Å². The third kappa shape index (κ3) is 4.57. The van der Waals surface area contributed by atoms with Gasteiger partial charge >= 0.3 is 0 Å². The van der Waals surface area contributed by atoms with Gasteiger partial charge in [0.05, 0.1) is 17.9 Å². The number of nitrogens with two attached hydrogens (primary N) is 1. The molecule has 0 spiro atoms. The van der Waals surface area contributed by atoms with E-state index < -0.39 is 0 Å². The molecule has 1 aliphatic rings. The molecular formula is C18H25FN6. The summed E-state index contributed by atoms with van der Waals surface area (Å²) in [5, 5.41) is 7.65. The van der Waals surface area contributed by atoms with E-state index in [2.05, 4.69) is 27.2 Å². The topological polar surface area (TPSA) is 71.5 Å². The van der Waals surface area contributed by atoms with Gasteiger partial charge in [0.25, 0.3) is 0 Å². The van der Waals surface area contributed by atoms with E-state index >= 15 is 0 Å². The molecule has 2 heterocycles. The van der Waals surface area contributed by atoms with E-state index in [0.717, 1.165) is 24.5 Å². The minimum Gasteiger partial charge on any atom is -0.370 e. The van der Waals surface area contributed by atoms with E-state index in [1.807, 2.05) is 12.3 Å². The Morgan fingerprint density at radius 1 is 1.36 bits per heavy atom. The molecule has 1 fully saturated rings. The maximum Gasteiger partial charge on any atom is 0.189 e. The van der Waals surface area contributed by atoms with Gasteiger partial charge in [0, 0.05) is 18.8 Å². The summed E-state index contributed by atoms with van der Waals surface area (Å²) >= 11 is 0. The van der Waals surface area contributed by atoms with E-state index in [0.29, 0.717) is 18.5 Å². The number of hydrogen-bond donors (Lipinski definition) is 2. The Labute approximate surface area is 147 Å². The van der Waals surface area contributed by atoms with Gasteiger partial charge in [0.15, 0.2) is 5.96 Å². The normalized spacial score (nSPS) is 18.6. The molecule has 134 valence electrons. The van der Waals surface area contributed by atoms with Gasteiger partial charge < -0.3 is 11.1 Å². The Morgan fingerprint density at radius 2 is 2.16 bits per heavy atom. The second-order valence-electron chi connectivity index (χ2n) is 6.24. The van der Waals surface area contributed by atoms with Gasteiger partial charge in [-0.2, -0.15) is 5.10 Å². The largest absolute Gasteiger partial charge is 0.370 e. The average molecular weight is 344 g/mol. The Hall–Kier alpha value is -2.41. The molecule has 0 amide bonds. The minimum atomic E-state index is -0.261. The summed E-state index contributed by atoms with van der Waals surface area (Å²) in [6, 6.07) is 8.63. The van der Waals surface area contributed by atoms with Gasteiger partial charge in [-0.25, -0.2) is 14.1 Å². The molecule has 0 aliphatic carbocycles. The highest BCUT2D eigenvalue weighted by molar-refractivity contribution is 5.77. The lowest BCUT2D eigenvalue weighted by atomic mass is 10.2. The number of halogens is 1. The zero-order chi connectivity index (χ0) is 17.6. The molecule has 1 aromatic heterocycles. The van der Waals surface area contributed by atoms with Crippen LogP contribution in [0, 0.1) is 5.82 Å². The highest BCUT2D eigenvalue weighted by atomic mass is 19.1. The predicted molar refractivity (Wildman–Crippen MR) is 97.1 cm³/mol. The number of aliphatic imine (C=N–C) groups is 1. The van der Waals surface area contributed by atoms with Crippen molar-refractivity contribution in [2.75, 3.05) is 19.6 Å². The van der Waals surface area contributed by atoms with Crippen LogP contribution < -0.4 is 11.1 Å². The van der Waals surface area contributed by atoms with Crippen LogP contribution in [0.5, 0.6) is 0 Å². The van der Waals surface area contributed by atoms with Crippen molar-refractivity contribution in [1.29, 1.82) is 0 Å². The van der Waals surface area contributed by atoms with Crippen LogP contribution in [0.15, 0.2) is 41.5 Å². The average Bonchev–Trinajstić information content (AvgIpc) is 3.27. The summed E-state index contributed by atoms with van der Waals surface area (Å²) in [4.78, 5) is 6.82. The Morgan fingerprint density at radius 3 is 2.92 bits per heavy atom. The number of guanidine groups is 1. The van der Waals surface area contributed by atoms with Gasteiger partial charge in [0.2, 0.25) is 0 Å². The molecule has 0 saturated carbocycles. The monoisotopic (exact) mass is 344 g/mol. The fourth-order valence-corrected chi connectivity index (χ4v) is 3.17. The third-order valence-electron chi connectivity index (χ3n) is 4.57. The van der Waals surface area contributed by atoms with E-state index in [-0.39, 0.29) is 5.82 Å². The molecule has 0 bridgehead atoms. The molecule has 7 heteroatoms. The molecule has 25 heavy (non-hydrogen) atoms. The standard InChI is InChI=1S/C18H25FN6/c1-2-24-10-3-4-17(24)13-22-18(20)21-12-15-9-11-25(23-15)16-7-5-14(19)6-8-16/h5-9,11,17H,2-4,10,12-13H2,1H3,(H3,20,21,22). The van der Waals surface area contributed by atoms with Crippen LogP contribution >= 0.6 is 0 Å². The zero-order valence-electron chi connectivity index (χ0n) is 14.5. The first-order valence-electron chi connectivity index (χ1n) is 8.74. The molecule has 1 saturated heterocycles. The lowest BCUT2D eigenvalue weighted by Gasteiger charge is -2.23. The third-order valence-corrected chi connectivity index (χ3v) is 4.57. The summed E-state index contributed by atoms with van der Waals surface area (Å²) < 4.78 is 14.7. The van der Waals surface area contributed by atoms with Crippen molar-refractivity contribution in [2.24, 2.45) is 10.7 Å². The highest BCUT2D eigenvalue weighted by Gasteiger charge is 2.22. The summed E-state index contributed by atoms with van der Waals surface area (Å²) in [5.41, 5.74) is 7.58. The lowest BCUT2D eigenvalue weighted by Crippen LogP contribution is -2.42. The van der Waals surface area contributed by atoms with Crippen molar-refractivity contribution >= 4 is 5.96 Å². The molecule has 3 rings (SSSR count). The van der Waals surface area contributed by atoms with Crippen molar-refractivity contribution < 1.29 is 4.39 Å². The van der Waals surface area contributed by atoms with Crippen molar-refractivity contribution in [3.8, 4) is 5.69 Å². The first-order chi connectivity index (χ1) is 12.2. The lowest BCUT2D eigenvalue weighted by molar-refractivity contribution is 0.267. The zero-order valence-corrected chi connectivity index (χ0v) is 14.5. The first kappa shape index (κ1) is 17.4. The number of likely N-dealkylation sites (N-methyl/N-ethyl adjacent to an activating group) is 1. The second kappa shape index (κ2) is 8.11. The Kier molecular flexibility index (Phi) is 5.65. The highest BCUT2D eigenvalue weighted by Crippen LogP contribution is 2.15. The van der Waals surface area contributed by atoms with E-state index in [9.17, 15) is 4.39 Å². The number of nitrogens with one attached hydrogen (secondary N) is 1. The summed E-state index contributed by atoms with van der Waals surface area (Å²) in [6.07, 6.45) is 4.29. The van der Waals surface area contributed by atoms with Crippen molar-refractivity contribution in [3.63, 3.8) is 0 Å². The fraction of sp³-hybridized carbons (Fsp3) is 0.444. The number of nitrogens with zero attached hydrogens (tertiary/aromatic N) is 4. The van der Waals surface area contributed by atoms with Crippen LogP contribution in [0.1, 0.15) is 25.5 Å². The summed E-state index contributed by atoms with van der Waals surface area (Å²) in [7, 11) is 0. The number of hydrogen-bond acceptors (Lipinski definition) is 3. The van der Waals surface area contributed by atoms with Crippen LogP contribution in [0.25, 0.3) is 5.69 Å². The number of rotatable bonds is 6. The van der Waals surface area contributed by atoms with E-state index in [1.54, 1.807) is 16.8 Å².